The van der Waals surface area contributed by atoms with Crippen LogP contribution in [0, 0.1) is 5.92 Å². The van der Waals surface area contributed by atoms with Crippen molar-refractivity contribution in [3.05, 3.63) is 64.8 Å². The minimum Gasteiger partial charge on any atom is -0.496 e. The van der Waals surface area contributed by atoms with Crippen molar-refractivity contribution >= 4 is 29.1 Å². The number of hydrogen-bond donors (Lipinski definition) is 1. The predicted octanol–water partition coefficient (Wildman–Crippen LogP) is 4.59. The zero-order valence-corrected chi connectivity index (χ0v) is 18.3. The Morgan fingerprint density at radius 1 is 1.19 bits per heavy atom. The van der Waals surface area contributed by atoms with E-state index in [0.29, 0.717) is 29.6 Å². The number of nitrogens with zero attached hydrogens (tertiary/aromatic N) is 2. The van der Waals surface area contributed by atoms with E-state index in [-0.39, 0.29) is 29.3 Å². The second kappa shape index (κ2) is 8.31. The Morgan fingerprint density at radius 3 is 2.75 bits per heavy atom. The van der Waals surface area contributed by atoms with E-state index >= 15 is 0 Å². The molecule has 1 unspecified atom stereocenters. The van der Waals surface area contributed by atoms with Crippen molar-refractivity contribution in [3.8, 4) is 17.1 Å². The van der Waals surface area contributed by atoms with E-state index in [1.807, 2.05) is 36.4 Å². The molecule has 1 N–H and O–H groups in total. The first-order chi connectivity index (χ1) is 15.5. The number of fused-ring (bicyclic) bond motifs is 1. The maximum atomic E-state index is 13.0. The average molecular weight is 452 g/mol. The molecule has 2 aliphatic heterocycles. The van der Waals surface area contributed by atoms with Gasteiger partial charge in [-0.25, -0.2) is 0 Å². The van der Waals surface area contributed by atoms with Gasteiger partial charge in [-0.1, -0.05) is 35.0 Å². The molecule has 1 fully saturated rings. The highest BCUT2D eigenvalue weighted by Gasteiger charge is 2.39. The Bertz CT molecular complexity index is 1180. The Balaban J connectivity index is 1.27. The van der Waals surface area contributed by atoms with Gasteiger partial charge >= 0.3 is 0 Å². The first-order valence-electron chi connectivity index (χ1n) is 10.5. The highest BCUT2D eigenvalue weighted by Crippen LogP contribution is 2.42. The number of amides is 2. The van der Waals surface area contributed by atoms with Gasteiger partial charge in [0.25, 0.3) is 5.91 Å². The lowest BCUT2D eigenvalue weighted by Gasteiger charge is -2.33. The number of carbonyl (C=O) groups is 2. The summed E-state index contributed by atoms with van der Waals surface area (Å²) in [6.45, 7) is 1.13. The number of benzene rings is 2. The van der Waals surface area contributed by atoms with Crippen molar-refractivity contribution in [1.29, 1.82) is 0 Å². The summed E-state index contributed by atoms with van der Waals surface area (Å²) in [7, 11) is 1.59. The fourth-order valence-electron chi connectivity index (χ4n) is 4.68. The van der Waals surface area contributed by atoms with Crippen molar-refractivity contribution in [2.45, 2.75) is 18.8 Å². The molecule has 0 bridgehead atoms. The zero-order chi connectivity index (χ0) is 22.2. The van der Waals surface area contributed by atoms with Crippen LogP contribution < -0.4 is 10.1 Å². The molecule has 1 atom stereocenters. The molecular weight excluding hydrogens is 430 g/mol. The average Bonchev–Trinajstić information content (AvgIpc) is 3.42. The summed E-state index contributed by atoms with van der Waals surface area (Å²) in [5, 5.41) is 7.53. The molecule has 3 heterocycles. The molecule has 5 rings (SSSR count). The lowest BCUT2D eigenvalue weighted by molar-refractivity contribution is -0.118. The molecule has 3 aromatic rings. The molecule has 8 heteroatoms. The van der Waals surface area contributed by atoms with Crippen LogP contribution in [-0.4, -0.2) is 42.1 Å². The van der Waals surface area contributed by atoms with E-state index in [2.05, 4.69) is 10.5 Å². The number of rotatable bonds is 4. The van der Waals surface area contributed by atoms with Crippen LogP contribution in [0.15, 0.2) is 53.1 Å². The van der Waals surface area contributed by atoms with Gasteiger partial charge in [0, 0.05) is 29.9 Å². The second-order valence-electron chi connectivity index (χ2n) is 8.10. The molecule has 2 aromatic carbocycles. The number of para-hydroxylation sites is 1. The van der Waals surface area contributed by atoms with E-state index in [0.717, 1.165) is 29.7 Å². The van der Waals surface area contributed by atoms with E-state index in [4.69, 9.17) is 20.9 Å². The van der Waals surface area contributed by atoms with E-state index in [1.54, 1.807) is 24.1 Å². The number of likely N-dealkylation sites (tertiary alicyclic amines) is 1. The molecule has 164 valence electrons. The van der Waals surface area contributed by atoms with Crippen LogP contribution in [-0.2, 0) is 4.79 Å². The lowest BCUT2D eigenvalue weighted by Crippen LogP contribution is -2.40. The lowest BCUT2D eigenvalue weighted by atomic mass is 9.80. The minimum absolute atomic E-state index is 0.00462. The molecule has 1 saturated heterocycles. The fraction of sp³-hybridized carbons (Fsp3) is 0.292. The van der Waals surface area contributed by atoms with Gasteiger partial charge in [0.05, 0.1) is 18.6 Å². The third-order valence-electron chi connectivity index (χ3n) is 6.29. The molecule has 1 aromatic heterocycles. The molecule has 0 saturated carbocycles. The number of anilines is 1. The number of ether oxygens (including phenoxy) is 1. The van der Waals surface area contributed by atoms with Gasteiger partial charge in [-0.3, -0.25) is 9.59 Å². The number of methoxy groups -OCH3 is 1. The normalized spacial score (nSPS) is 18.4. The largest absolute Gasteiger partial charge is 0.496 e. The van der Waals surface area contributed by atoms with Gasteiger partial charge in [0.1, 0.15) is 5.75 Å². The van der Waals surface area contributed by atoms with Crippen LogP contribution in [0.3, 0.4) is 0 Å². The molecule has 2 amide bonds. The summed E-state index contributed by atoms with van der Waals surface area (Å²) in [5.41, 5.74) is 2.79. The first-order valence-corrected chi connectivity index (χ1v) is 10.9. The third-order valence-corrected chi connectivity index (χ3v) is 6.53. The predicted molar refractivity (Wildman–Crippen MR) is 120 cm³/mol. The van der Waals surface area contributed by atoms with Gasteiger partial charge < -0.3 is 19.5 Å². The summed E-state index contributed by atoms with van der Waals surface area (Å²) in [6, 6.07) is 14.6. The van der Waals surface area contributed by atoms with Gasteiger partial charge in [0.15, 0.2) is 11.5 Å². The second-order valence-corrected chi connectivity index (χ2v) is 8.54. The number of hydrogen-bond acceptors (Lipinski definition) is 5. The maximum Gasteiger partial charge on any atom is 0.276 e. The molecule has 0 aliphatic carbocycles. The molecular formula is C24H22ClN3O4. The molecule has 0 spiro atoms. The standard InChI is InChI=1S/C24H22ClN3O4/c1-31-20-5-3-2-4-17(20)21-13-19(27-32-21)24(30)28-10-8-14(9-11-28)22-16-7-6-15(25)12-18(16)26-23(22)29/h2-7,12-14,22H,8-11H2,1H3,(H,26,29). The summed E-state index contributed by atoms with van der Waals surface area (Å²) >= 11 is 6.06. The summed E-state index contributed by atoms with van der Waals surface area (Å²) in [6.07, 6.45) is 1.48. The van der Waals surface area contributed by atoms with Crippen molar-refractivity contribution in [2.75, 3.05) is 25.5 Å². The van der Waals surface area contributed by atoms with Crippen molar-refractivity contribution in [1.82, 2.24) is 10.1 Å². The topological polar surface area (TPSA) is 84.7 Å². The van der Waals surface area contributed by atoms with Crippen LogP contribution >= 0.6 is 11.6 Å². The number of halogens is 1. The number of nitrogens with one attached hydrogen (secondary N) is 1. The molecule has 32 heavy (non-hydrogen) atoms. The zero-order valence-electron chi connectivity index (χ0n) is 17.5. The highest BCUT2D eigenvalue weighted by atomic mass is 35.5. The quantitative estimate of drug-likeness (QED) is 0.627. The first kappa shape index (κ1) is 20.6. The summed E-state index contributed by atoms with van der Waals surface area (Å²) in [4.78, 5) is 27.4. The van der Waals surface area contributed by atoms with Crippen LogP contribution in [0.2, 0.25) is 5.02 Å². The van der Waals surface area contributed by atoms with Crippen LogP contribution in [0.1, 0.15) is 34.8 Å². The SMILES string of the molecule is COc1ccccc1-c1cc(C(=O)N2CCC(C3C(=O)Nc4cc(Cl)ccc43)CC2)no1. The molecule has 0 radical (unpaired) electrons. The van der Waals surface area contributed by atoms with Gasteiger partial charge in [-0.15, -0.1) is 0 Å². The van der Waals surface area contributed by atoms with E-state index in [9.17, 15) is 9.59 Å². The number of piperidine rings is 1. The van der Waals surface area contributed by atoms with Gasteiger partial charge in [-0.05, 0) is 48.6 Å². The van der Waals surface area contributed by atoms with Crippen molar-refractivity contribution in [3.63, 3.8) is 0 Å². The maximum absolute atomic E-state index is 13.0. The van der Waals surface area contributed by atoms with Crippen LogP contribution in [0.4, 0.5) is 5.69 Å². The third kappa shape index (κ3) is 3.62. The van der Waals surface area contributed by atoms with Gasteiger partial charge in [0.2, 0.25) is 5.91 Å². The smallest absolute Gasteiger partial charge is 0.276 e. The highest BCUT2D eigenvalue weighted by molar-refractivity contribution is 6.31. The Morgan fingerprint density at radius 2 is 1.97 bits per heavy atom. The Hall–Kier alpha value is -3.32. The van der Waals surface area contributed by atoms with Crippen LogP contribution in [0.5, 0.6) is 5.75 Å². The van der Waals surface area contributed by atoms with Crippen molar-refractivity contribution < 1.29 is 18.8 Å². The summed E-state index contributed by atoms with van der Waals surface area (Å²) < 4.78 is 10.8. The molecule has 2 aliphatic rings. The fourth-order valence-corrected chi connectivity index (χ4v) is 4.85. The molecule has 7 nitrogen and oxygen atoms in total. The summed E-state index contributed by atoms with van der Waals surface area (Å²) in [5.74, 6) is 0.937. The van der Waals surface area contributed by atoms with Crippen LogP contribution in [0.25, 0.3) is 11.3 Å². The van der Waals surface area contributed by atoms with Crippen molar-refractivity contribution in [2.24, 2.45) is 5.92 Å². The van der Waals surface area contributed by atoms with Gasteiger partial charge in [-0.2, -0.15) is 0 Å². The number of aromatic nitrogens is 1. The Kier molecular flexibility index (Phi) is 5.35. The number of carbonyl (C=O) groups excluding carboxylic acids is 2. The Labute approximate surface area is 190 Å². The van der Waals surface area contributed by atoms with E-state index in [1.165, 1.54) is 0 Å². The minimum atomic E-state index is -0.205. The van der Waals surface area contributed by atoms with E-state index < -0.39 is 0 Å². The monoisotopic (exact) mass is 451 g/mol.